The zero-order chi connectivity index (χ0) is 15.1. The van der Waals surface area contributed by atoms with E-state index in [-0.39, 0.29) is 0 Å². The summed E-state index contributed by atoms with van der Waals surface area (Å²) in [7, 11) is 0. The molecule has 0 unspecified atom stereocenters. The van der Waals surface area contributed by atoms with Gasteiger partial charge in [0.05, 0.1) is 12.2 Å². The lowest BCUT2D eigenvalue weighted by molar-refractivity contribution is 0.00816. The van der Waals surface area contributed by atoms with Gasteiger partial charge in [0.2, 0.25) is 0 Å². The van der Waals surface area contributed by atoms with Crippen LogP contribution in [0.1, 0.15) is 104 Å². The van der Waals surface area contributed by atoms with Crippen LogP contribution in [0.3, 0.4) is 0 Å². The van der Waals surface area contributed by atoms with Crippen molar-refractivity contribution in [2.75, 3.05) is 0 Å². The summed E-state index contributed by atoms with van der Waals surface area (Å²) in [6.45, 7) is 4.30. The van der Waals surface area contributed by atoms with Crippen LogP contribution >= 0.6 is 0 Å². The molecule has 2 nitrogen and oxygen atoms in total. The molecule has 0 radical (unpaired) electrons. The highest BCUT2D eigenvalue weighted by molar-refractivity contribution is 4.66. The summed E-state index contributed by atoms with van der Waals surface area (Å²) in [5.74, 6) is 0. The molecule has 0 aliphatic carbocycles. The fraction of sp³-hybridized carbons (Fsp3) is 1.00. The van der Waals surface area contributed by atoms with Crippen LogP contribution in [-0.4, -0.2) is 22.4 Å². The van der Waals surface area contributed by atoms with Crippen molar-refractivity contribution < 1.29 is 10.2 Å². The first-order valence-corrected chi connectivity index (χ1v) is 9.08. The van der Waals surface area contributed by atoms with Crippen molar-refractivity contribution in [1.82, 2.24) is 0 Å². The molecule has 122 valence electrons. The zero-order valence-corrected chi connectivity index (χ0v) is 13.9. The molecule has 0 fully saturated rings. The van der Waals surface area contributed by atoms with Gasteiger partial charge in [-0.3, -0.25) is 0 Å². The molecule has 0 aromatic rings. The summed E-state index contributed by atoms with van der Waals surface area (Å²) in [5.41, 5.74) is 0. The lowest BCUT2D eigenvalue weighted by Crippen LogP contribution is -2.25. The van der Waals surface area contributed by atoms with Crippen molar-refractivity contribution in [3.63, 3.8) is 0 Å². The molecule has 20 heavy (non-hydrogen) atoms. The maximum Gasteiger partial charge on any atom is 0.0799 e. The Kier molecular flexibility index (Phi) is 15.3. The molecule has 2 heteroatoms. The Labute approximate surface area is 127 Å². The molecule has 0 saturated carbocycles. The molecule has 0 rings (SSSR count). The molecule has 0 aliphatic heterocycles. The second-order valence-electron chi connectivity index (χ2n) is 6.25. The minimum atomic E-state index is -0.511. The van der Waals surface area contributed by atoms with Gasteiger partial charge in [0.25, 0.3) is 0 Å². The first-order valence-electron chi connectivity index (χ1n) is 9.08. The average Bonchev–Trinajstić information content (AvgIpc) is 2.44. The third kappa shape index (κ3) is 12.9. The van der Waals surface area contributed by atoms with Crippen LogP contribution in [-0.2, 0) is 0 Å². The van der Waals surface area contributed by atoms with E-state index in [1.54, 1.807) is 0 Å². The predicted molar refractivity (Wildman–Crippen MR) is 88.0 cm³/mol. The van der Waals surface area contributed by atoms with Gasteiger partial charge in [0.1, 0.15) is 0 Å². The van der Waals surface area contributed by atoms with Gasteiger partial charge in [-0.1, -0.05) is 90.9 Å². The molecule has 2 N–H and O–H groups in total. The van der Waals surface area contributed by atoms with Gasteiger partial charge in [-0.25, -0.2) is 0 Å². The molecule has 0 aromatic heterocycles. The van der Waals surface area contributed by atoms with E-state index in [9.17, 15) is 10.2 Å². The molecule has 0 saturated heterocycles. The van der Waals surface area contributed by atoms with Crippen LogP contribution in [0.25, 0.3) is 0 Å². The van der Waals surface area contributed by atoms with E-state index >= 15 is 0 Å². The Bertz CT molecular complexity index is 182. The van der Waals surface area contributed by atoms with Crippen LogP contribution in [0.15, 0.2) is 0 Å². The molecule has 0 aromatic carbocycles. The first-order chi connectivity index (χ1) is 9.72. The monoisotopic (exact) mass is 286 g/mol. The Morgan fingerprint density at radius 3 is 1.35 bits per heavy atom. The summed E-state index contributed by atoms with van der Waals surface area (Å²) >= 11 is 0. The molecule has 2 atom stereocenters. The lowest BCUT2D eigenvalue weighted by atomic mass is 10.0. The third-order valence-electron chi connectivity index (χ3n) is 4.13. The fourth-order valence-corrected chi connectivity index (χ4v) is 2.70. The van der Waals surface area contributed by atoms with Crippen LogP contribution in [0, 0.1) is 0 Å². The highest BCUT2D eigenvalue weighted by Crippen LogP contribution is 2.14. The zero-order valence-electron chi connectivity index (χ0n) is 13.9. The number of aliphatic hydroxyl groups excluding tert-OH is 2. The van der Waals surface area contributed by atoms with Crippen molar-refractivity contribution in [3.05, 3.63) is 0 Å². The smallest absolute Gasteiger partial charge is 0.0799 e. The molecular weight excluding hydrogens is 248 g/mol. The van der Waals surface area contributed by atoms with E-state index in [2.05, 4.69) is 6.92 Å². The van der Waals surface area contributed by atoms with E-state index in [4.69, 9.17) is 0 Å². The van der Waals surface area contributed by atoms with Crippen molar-refractivity contribution >= 4 is 0 Å². The number of hydrogen-bond donors (Lipinski definition) is 2. The Morgan fingerprint density at radius 1 is 0.500 bits per heavy atom. The minimum Gasteiger partial charge on any atom is -0.390 e. The molecule has 0 amide bonds. The summed E-state index contributed by atoms with van der Waals surface area (Å²) < 4.78 is 0. The van der Waals surface area contributed by atoms with Crippen molar-refractivity contribution in [3.8, 4) is 0 Å². The van der Waals surface area contributed by atoms with Crippen LogP contribution < -0.4 is 0 Å². The first kappa shape index (κ1) is 19.9. The van der Waals surface area contributed by atoms with Gasteiger partial charge in [-0.2, -0.15) is 0 Å². The summed E-state index contributed by atoms with van der Waals surface area (Å²) in [4.78, 5) is 0. The van der Waals surface area contributed by atoms with E-state index < -0.39 is 12.2 Å². The molecule has 0 bridgehead atoms. The van der Waals surface area contributed by atoms with Crippen LogP contribution in [0.4, 0.5) is 0 Å². The van der Waals surface area contributed by atoms with Crippen molar-refractivity contribution in [2.24, 2.45) is 0 Å². The van der Waals surface area contributed by atoms with Gasteiger partial charge < -0.3 is 10.2 Å². The number of rotatable bonds is 15. The lowest BCUT2D eigenvalue weighted by Gasteiger charge is -2.16. The van der Waals surface area contributed by atoms with E-state index in [1.807, 2.05) is 6.92 Å². The van der Waals surface area contributed by atoms with Gasteiger partial charge in [-0.05, 0) is 12.8 Å². The summed E-state index contributed by atoms with van der Waals surface area (Å²) in [6.07, 6.45) is 16.0. The van der Waals surface area contributed by atoms with Crippen molar-refractivity contribution in [1.29, 1.82) is 0 Å². The highest BCUT2D eigenvalue weighted by atomic mass is 16.3. The Hall–Kier alpha value is -0.0800. The van der Waals surface area contributed by atoms with Gasteiger partial charge in [0, 0.05) is 0 Å². The molecular formula is C18H38O2. The second-order valence-corrected chi connectivity index (χ2v) is 6.25. The number of unbranched alkanes of at least 4 members (excludes halogenated alkanes) is 10. The van der Waals surface area contributed by atoms with E-state index in [0.29, 0.717) is 0 Å². The standard InChI is InChI=1S/C18H38O2/c1-3-5-6-7-8-9-10-11-12-13-14-16-18(20)17(19)15-4-2/h17-20H,3-16H2,1-2H3/t17-,18-/m1/s1. The minimum absolute atomic E-state index is 0.506. The fourth-order valence-electron chi connectivity index (χ4n) is 2.70. The molecule has 0 aliphatic rings. The molecule has 0 spiro atoms. The van der Waals surface area contributed by atoms with Crippen LogP contribution in [0.2, 0.25) is 0 Å². The maximum absolute atomic E-state index is 9.74. The van der Waals surface area contributed by atoms with Gasteiger partial charge in [0.15, 0.2) is 0 Å². The topological polar surface area (TPSA) is 40.5 Å². The Morgan fingerprint density at radius 2 is 0.900 bits per heavy atom. The van der Waals surface area contributed by atoms with Crippen molar-refractivity contribution in [2.45, 2.75) is 116 Å². The number of aliphatic hydroxyl groups is 2. The van der Waals surface area contributed by atoms with Gasteiger partial charge in [-0.15, -0.1) is 0 Å². The second kappa shape index (κ2) is 15.3. The van der Waals surface area contributed by atoms with E-state index in [1.165, 1.54) is 64.2 Å². The van der Waals surface area contributed by atoms with E-state index in [0.717, 1.165) is 25.7 Å². The molecule has 0 heterocycles. The SMILES string of the molecule is CCCCCCCCCCCCC[C@@H](O)[C@H](O)CCC. The Balaban J connectivity index is 3.16. The normalized spacial score (nSPS) is 14.4. The third-order valence-corrected chi connectivity index (χ3v) is 4.13. The predicted octanol–water partition coefficient (Wildman–Crippen LogP) is 5.21. The summed E-state index contributed by atoms with van der Waals surface area (Å²) in [5, 5.41) is 19.4. The maximum atomic E-state index is 9.74. The highest BCUT2D eigenvalue weighted by Gasteiger charge is 2.14. The summed E-state index contributed by atoms with van der Waals surface area (Å²) in [6, 6.07) is 0. The number of hydrogen-bond acceptors (Lipinski definition) is 2. The largest absolute Gasteiger partial charge is 0.390 e. The average molecular weight is 287 g/mol. The van der Waals surface area contributed by atoms with Crippen LogP contribution in [0.5, 0.6) is 0 Å². The van der Waals surface area contributed by atoms with Gasteiger partial charge >= 0.3 is 0 Å². The quantitative estimate of drug-likeness (QED) is 0.406.